The number of pyridine rings is 1. The van der Waals surface area contributed by atoms with Crippen LogP contribution in [-0.2, 0) is 0 Å². The van der Waals surface area contributed by atoms with Crippen LogP contribution in [0.3, 0.4) is 0 Å². The van der Waals surface area contributed by atoms with Crippen molar-refractivity contribution in [3.63, 3.8) is 0 Å². The molecule has 0 bridgehead atoms. The lowest BCUT2D eigenvalue weighted by atomic mass is 10.1. The Bertz CT molecular complexity index is 802. The van der Waals surface area contributed by atoms with Gasteiger partial charge in [-0.15, -0.1) is 0 Å². The molecule has 3 rings (SSSR count). The van der Waals surface area contributed by atoms with Crippen LogP contribution in [0.1, 0.15) is 11.7 Å². The fourth-order valence-corrected chi connectivity index (χ4v) is 2.22. The number of ether oxygens (including phenoxy) is 1. The van der Waals surface area contributed by atoms with Crippen molar-refractivity contribution in [2.24, 2.45) is 0 Å². The molecule has 0 fully saturated rings. The minimum absolute atomic E-state index is 0.00500. The number of halogens is 2. The van der Waals surface area contributed by atoms with Crippen molar-refractivity contribution in [3.05, 3.63) is 71.9 Å². The number of aliphatic hydroxyl groups excluding tert-OH is 1. The molecular weight excluding hydrogens is 288 g/mol. The van der Waals surface area contributed by atoms with E-state index in [1.54, 1.807) is 12.3 Å². The maximum Gasteiger partial charge on any atom is 0.145 e. The summed E-state index contributed by atoms with van der Waals surface area (Å²) in [5.41, 5.74) is 0.659. The lowest BCUT2D eigenvalue weighted by molar-refractivity contribution is 0.105. The fraction of sp³-hybridized carbons (Fsp3) is 0.118. The van der Waals surface area contributed by atoms with Crippen molar-refractivity contribution in [1.29, 1.82) is 0 Å². The van der Waals surface area contributed by atoms with Gasteiger partial charge in [0.2, 0.25) is 0 Å². The molecular formula is C17H13F2NO2. The molecule has 3 nitrogen and oxygen atoms in total. The van der Waals surface area contributed by atoms with Gasteiger partial charge in [-0.3, -0.25) is 4.98 Å². The number of rotatable bonds is 4. The maximum absolute atomic E-state index is 13.6. The summed E-state index contributed by atoms with van der Waals surface area (Å²) in [6, 6.07) is 12.2. The summed E-state index contributed by atoms with van der Waals surface area (Å²) in [6.45, 7) is -0.155. The van der Waals surface area contributed by atoms with Crippen LogP contribution in [0.5, 0.6) is 5.75 Å². The predicted molar refractivity (Wildman–Crippen MR) is 78.6 cm³/mol. The van der Waals surface area contributed by atoms with Crippen molar-refractivity contribution in [2.75, 3.05) is 6.61 Å². The lowest BCUT2D eigenvalue weighted by Gasteiger charge is -2.14. The molecule has 3 aromatic rings. The number of fused-ring (bicyclic) bond motifs is 1. The summed E-state index contributed by atoms with van der Waals surface area (Å²) >= 11 is 0. The number of aliphatic hydroxyl groups is 1. The summed E-state index contributed by atoms with van der Waals surface area (Å²) in [6.07, 6.45) is 0.449. The Morgan fingerprint density at radius 3 is 2.73 bits per heavy atom. The smallest absolute Gasteiger partial charge is 0.145 e. The van der Waals surface area contributed by atoms with E-state index in [2.05, 4.69) is 4.98 Å². The van der Waals surface area contributed by atoms with Crippen LogP contribution in [-0.4, -0.2) is 16.7 Å². The molecule has 5 heteroatoms. The minimum Gasteiger partial charge on any atom is -0.488 e. The molecule has 1 aromatic heterocycles. The Morgan fingerprint density at radius 2 is 1.91 bits per heavy atom. The van der Waals surface area contributed by atoms with Gasteiger partial charge in [0.15, 0.2) is 0 Å². The van der Waals surface area contributed by atoms with Gasteiger partial charge in [-0.1, -0.05) is 24.3 Å². The van der Waals surface area contributed by atoms with Gasteiger partial charge in [0.1, 0.15) is 35.6 Å². The first kappa shape index (κ1) is 14.4. The summed E-state index contributed by atoms with van der Waals surface area (Å²) in [5.74, 6) is -0.987. The topological polar surface area (TPSA) is 42.4 Å². The highest BCUT2D eigenvalue weighted by Gasteiger charge is 2.15. The monoisotopic (exact) mass is 301 g/mol. The van der Waals surface area contributed by atoms with Gasteiger partial charge in [-0.25, -0.2) is 8.78 Å². The van der Waals surface area contributed by atoms with Crippen LogP contribution < -0.4 is 4.74 Å². The number of para-hydroxylation sites is 1. The first-order valence-corrected chi connectivity index (χ1v) is 6.75. The molecule has 0 amide bonds. The third-order valence-corrected chi connectivity index (χ3v) is 3.31. The number of nitrogens with zero attached hydrogens (tertiary/aromatic N) is 1. The van der Waals surface area contributed by atoms with Gasteiger partial charge in [-0.2, -0.15) is 0 Å². The molecule has 112 valence electrons. The number of benzene rings is 2. The summed E-state index contributed by atoms with van der Waals surface area (Å²) in [5, 5.41) is 10.9. The fourth-order valence-electron chi connectivity index (χ4n) is 2.22. The second-order valence-corrected chi connectivity index (χ2v) is 4.82. The van der Waals surface area contributed by atoms with Crippen molar-refractivity contribution >= 4 is 10.9 Å². The van der Waals surface area contributed by atoms with Crippen LogP contribution in [0.25, 0.3) is 10.9 Å². The molecule has 22 heavy (non-hydrogen) atoms. The normalized spacial score (nSPS) is 12.3. The van der Waals surface area contributed by atoms with Crippen molar-refractivity contribution < 1.29 is 18.6 Å². The summed E-state index contributed by atoms with van der Waals surface area (Å²) in [7, 11) is 0. The number of aromatic nitrogens is 1. The van der Waals surface area contributed by atoms with E-state index in [0.717, 1.165) is 17.5 Å². The van der Waals surface area contributed by atoms with E-state index in [-0.39, 0.29) is 12.2 Å². The Kier molecular flexibility index (Phi) is 3.98. The largest absolute Gasteiger partial charge is 0.488 e. The first-order chi connectivity index (χ1) is 10.6. The Morgan fingerprint density at radius 1 is 1.09 bits per heavy atom. The zero-order valence-corrected chi connectivity index (χ0v) is 11.5. The second-order valence-electron chi connectivity index (χ2n) is 4.82. The van der Waals surface area contributed by atoms with Crippen LogP contribution in [0.15, 0.2) is 54.7 Å². The Balaban J connectivity index is 1.79. The van der Waals surface area contributed by atoms with E-state index in [1.165, 1.54) is 6.07 Å². The molecule has 1 unspecified atom stereocenters. The molecule has 1 N–H and O–H groups in total. The van der Waals surface area contributed by atoms with Gasteiger partial charge in [0, 0.05) is 23.2 Å². The summed E-state index contributed by atoms with van der Waals surface area (Å²) < 4.78 is 32.0. The minimum atomic E-state index is -1.19. The van der Waals surface area contributed by atoms with Crippen molar-refractivity contribution in [1.82, 2.24) is 4.98 Å². The van der Waals surface area contributed by atoms with E-state index in [4.69, 9.17) is 4.74 Å². The highest BCUT2D eigenvalue weighted by atomic mass is 19.1. The van der Waals surface area contributed by atoms with E-state index < -0.39 is 17.7 Å². The first-order valence-electron chi connectivity index (χ1n) is 6.75. The van der Waals surface area contributed by atoms with E-state index in [0.29, 0.717) is 11.3 Å². The molecule has 0 radical (unpaired) electrons. The molecule has 0 saturated heterocycles. The van der Waals surface area contributed by atoms with Crippen LogP contribution in [0, 0.1) is 11.6 Å². The molecule has 0 aliphatic carbocycles. The zero-order chi connectivity index (χ0) is 15.5. The van der Waals surface area contributed by atoms with Gasteiger partial charge >= 0.3 is 0 Å². The van der Waals surface area contributed by atoms with Gasteiger partial charge in [0.25, 0.3) is 0 Å². The van der Waals surface area contributed by atoms with Crippen LogP contribution >= 0.6 is 0 Å². The van der Waals surface area contributed by atoms with E-state index in [9.17, 15) is 13.9 Å². The molecule has 1 atom stereocenters. The standard InChI is InChI=1S/C17H13F2NO2/c18-12-6-7-13(14(19)9-12)15(21)10-22-16-5-1-3-11-4-2-8-20-17(11)16/h1-9,15,21H,10H2. The second kappa shape index (κ2) is 6.07. The zero-order valence-electron chi connectivity index (χ0n) is 11.5. The number of hydrogen-bond acceptors (Lipinski definition) is 3. The van der Waals surface area contributed by atoms with Crippen molar-refractivity contribution in [3.8, 4) is 5.75 Å². The molecule has 2 aromatic carbocycles. The quantitative estimate of drug-likeness (QED) is 0.800. The Hall–Kier alpha value is -2.53. The van der Waals surface area contributed by atoms with Crippen LogP contribution in [0.2, 0.25) is 0 Å². The average Bonchev–Trinajstić information content (AvgIpc) is 2.52. The third-order valence-electron chi connectivity index (χ3n) is 3.31. The van der Waals surface area contributed by atoms with E-state index in [1.807, 2.05) is 24.3 Å². The molecule has 0 saturated carbocycles. The van der Waals surface area contributed by atoms with Gasteiger partial charge in [0.05, 0.1) is 0 Å². The molecule has 0 aliphatic rings. The van der Waals surface area contributed by atoms with Crippen LogP contribution in [0.4, 0.5) is 8.78 Å². The van der Waals surface area contributed by atoms with Gasteiger partial charge < -0.3 is 9.84 Å². The van der Waals surface area contributed by atoms with Gasteiger partial charge in [-0.05, 0) is 18.2 Å². The molecule has 0 aliphatic heterocycles. The van der Waals surface area contributed by atoms with Crippen molar-refractivity contribution in [2.45, 2.75) is 6.10 Å². The lowest BCUT2D eigenvalue weighted by Crippen LogP contribution is -2.11. The highest BCUT2D eigenvalue weighted by Crippen LogP contribution is 2.25. The molecule has 1 heterocycles. The summed E-state index contributed by atoms with van der Waals surface area (Å²) in [4.78, 5) is 4.23. The maximum atomic E-state index is 13.6. The third kappa shape index (κ3) is 2.89. The van der Waals surface area contributed by atoms with E-state index >= 15 is 0 Å². The average molecular weight is 301 g/mol. The highest BCUT2D eigenvalue weighted by molar-refractivity contribution is 5.84. The number of hydrogen-bond donors (Lipinski definition) is 1. The predicted octanol–water partition coefficient (Wildman–Crippen LogP) is 3.63. The Labute approximate surface area is 125 Å². The SMILES string of the molecule is OC(COc1cccc2cccnc12)c1ccc(F)cc1F. The molecule has 0 spiro atoms.